The number of nitrogens with one attached hydrogen (secondary N) is 1. The summed E-state index contributed by atoms with van der Waals surface area (Å²) in [5.41, 5.74) is 1.41. The Bertz CT molecular complexity index is 752. The number of allylic oxidation sites excluding steroid dienone is 2. The fraction of sp³-hybridized carbons (Fsp3) is 0.455. The number of rotatable bonds is 12. The van der Waals surface area contributed by atoms with Crippen LogP contribution in [0.4, 0.5) is 0 Å². The molecule has 1 aromatic carbocycles. The van der Waals surface area contributed by atoms with Gasteiger partial charge in [-0.3, -0.25) is 4.79 Å². The molecule has 1 aromatic rings. The summed E-state index contributed by atoms with van der Waals surface area (Å²) in [5.74, 6) is 0.623. The topological polar surface area (TPSA) is 83.1 Å². The molecular weight excluding hydrogens is 374 g/mol. The third kappa shape index (κ3) is 7.18. The monoisotopic (exact) mass is 405 g/mol. The third-order valence-corrected chi connectivity index (χ3v) is 4.05. The highest BCUT2D eigenvalue weighted by atomic mass is 16.5. The first kappa shape index (κ1) is 24.1. The number of ether oxygens (including phenoxy) is 4. The summed E-state index contributed by atoms with van der Waals surface area (Å²) in [5, 5.41) is 3.19. The fourth-order valence-electron chi connectivity index (χ4n) is 2.55. The summed E-state index contributed by atoms with van der Waals surface area (Å²) in [4.78, 5) is 23.6. The molecule has 0 aliphatic carbocycles. The zero-order chi connectivity index (χ0) is 21.8. The second kappa shape index (κ2) is 12.5. The number of methoxy groups -OCH3 is 2. The van der Waals surface area contributed by atoms with Crippen molar-refractivity contribution < 1.29 is 28.5 Å². The van der Waals surface area contributed by atoms with Crippen molar-refractivity contribution in [3.05, 3.63) is 35.5 Å². The van der Waals surface area contributed by atoms with E-state index in [1.165, 1.54) is 14.2 Å². The van der Waals surface area contributed by atoms with E-state index in [9.17, 15) is 9.59 Å². The summed E-state index contributed by atoms with van der Waals surface area (Å²) >= 11 is 0. The van der Waals surface area contributed by atoms with Crippen LogP contribution in [0.2, 0.25) is 0 Å². The largest absolute Gasteiger partial charge is 0.493 e. The lowest BCUT2D eigenvalue weighted by Crippen LogP contribution is -2.14. The van der Waals surface area contributed by atoms with Gasteiger partial charge in [0.25, 0.3) is 6.47 Å². The van der Waals surface area contributed by atoms with Crippen LogP contribution >= 0.6 is 0 Å². The second-order valence-electron chi connectivity index (χ2n) is 6.55. The van der Waals surface area contributed by atoms with Gasteiger partial charge in [-0.2, -0.15) is 0 Å². The molecule has 0 heterocycles. The summed E-state index contributed by atoms with van der Waals surface area (Å²) in [6.07, 6.45) is 5.34. The third-order valence-electron chi connectivity index (χ3n) is 4.05. The Hall–Kier alpha value is -2.96. The van der Waals surface area contributed by atoms with Crippen molar-refractivity contribution >= 4 is 18.0 Å². The zero-order valence-electron chi connectivity index (χ0n) is 18.0. The zero-order valence-corrected chi connectivity index (χ0v) is 18.0. The van der Waals surface area contributed by atoms with Gasteiger partial charge in [-0.25, -0.2) is 4.79 Å². The Kier molecular flexibility index (Phi) is 10.4. The molecule has 160 valence electrons. The number of unbranched alkanes of at least 4 members (excludes halogenated alkanes) is 1. The Morgan fingerprint density at radius 3 is 2.34 bits per heavy atom. The number of carbonyl (C=O) groups is 2. The van der Waals surface area contributed by atoms with Crippen LogP contribution in [0.15, 0.2) is 30.0 Å². The minimum Gasteiger partial charge on any atom is -0.493 e. The van der Waals surface area contributed by atoms with E-state index < -0.39 is 5.97 Å². The second-order valence-corrected chi connectivity index (χ2v) is 6.55. The molecule has 0 atom stereocenters. The highest BCUT2D eigenvalue weighted by Gasteiger charge is 2.20. The van der Waals surface area contributed by atoms with Crippen LogP contribution in [0.3, 0.4) is 0 Å². The molecule has 0 fully saturated rings. The van der Waals surface area contributed by atoms with Crippen LogP contribution in [0.1, 0.15) is 46.1 Å². The van der Waals surface area contributed by atoms with Crippen LogP contribution in [-0.2, 0) is 14.3 Å². The van der Waals surface area contributed by atoms with E-state index in [0.29, 0.717) is 34.7 Å². The van der Waals surface area contributed by atoms with Crippen LogP contribution in [-0.4, -0.2) is 39.3 Å². The Morgan fingerprint density at radius 2 is 1.79 bits per heavy atom. The fourth-order valence-corrected chi connectivity index (χ4v) is 2.55. The maximum absolute atomic E-state index is 12.5. The average molecular weight is 405 g/mol. The molecule has 0 aliphatic rings. The van der Waals surface area contributed by atoms with Crippen molar-refractivity contribution in [3.63, 3.8) is 0 Å². The Morgan fingerprint density at radius 1 is 1.14 bits per heavy atom. The van der Waals surface area contributed by atoms with Gasteiger partial charge in [-0.15, -0.1) is 0 Å². The van der Waals surface area contributed by atoms with Gasteiger partial charge in [0.05, 0.1) is 20.3 Å². The van der Waals surface area contributed by atoms with Crippen LogP contribution < -0.4 is 19.5 Å². The number of carbonyl (C=O) groups excluding carboxylic acids is 2. The van der Waals surface area contributed by atoms with Crippen LogP contribution in [0, 0.1) is 0 Å². The smallest absolute Gasteiger partial charge is 0.334 e. The SMILES string of the molecule is CCCCN/C=C\C(=C(\C)C(=O)OC(C)C)c1cc(OC)c(OC)cc1OC=O. The van der Waals surface area contributed by atoms with E-state index in [0.717, 1.165) is 19.4 Å². The normalized spacial score (nSPS) is 11.8. The molecule has 0 radical (unpaired) electrons. The molecule has 0 aromatic heterocycles. The van der Waals surface area contributed by atoms with E-state index in [4.69, 9.17) is 18.9 Å². The lowest BCUT2D eigenvalue weighted by Gasteiger charge is -2.16. The lowest BCUT2D eigenvalue weighted by molar-refractivity contribution is -0.142. The van der Waals surface area contributed by atoms with E-state index in [1.54, 1.807) is 45.2 Å². The van der Waals surface area contributed by atoms with Crippen molar-refractivity contribution in [1.29, 1.82) is 0 Å². The molecule has 0 unspecified atom stereocenters. The molecule has 0 spiro atoms. The summed E-state index contributed by atoms with van der Waals surface area (Å²) in [6, 6.07) is 3.21. The number of hydrogen-bond donors (Lipinski definition) is 1. The molecular formula is C22H31NO6. The lowest BCUT2D eigenvalue weighted by atomic mass is 9.98. The highest BCUT2D eigenvalue weighted by molar-refractivity contribution is 6.00. The van der Waals surface area contributed by atoms with E-state index >= 15 is 0 Å². The standard InChI is InChI=1S/C22H31NO6/c1-7-8-10-23-11-9-17(16(4)22(25)29-15(2)3)18-12-20(26-5)21(27-6)13-19(18)28-14-24/h9,11-15,23H,7-8,10H2,1-6H3/b11-9-,17-16+. The maximum Gasteiger partial charge on any atom is 0.334 e. The molecule has 0 amide bonds. The predicted molar refractivity (Wildman–Crippen MR) is 112 cm³/mol. The quantitative estimate of drug-likeness (QED) is 0.186. The van der Waals surface area contributed by atoms with E-state index in [1.807, 2.05) is 0 Å². The van der Waals surface area contributed by atoms with Gasteiger partial charge in [0, 0.05) is 23.7 Å². The molecule has 7 nitrogen and oxygen atoms in total. The first-order chi connectivity index (χ1) is 13.9. The van der Waals surface area contributed by atoms with Crippen molar-refractivity contribution in [2.24, 2.45) is 0 Å². The molecule has 0 saturated carbocycles. The molecule has 29 heavy (non-hydrogen) atoms. The first-order valence-corrected chi connectivity index (χ1v) is 9.57. The van der Waals surface area contributed by atoms with Crippen LogP contribution in [0.5, 0.6) is 17.2 Å². The van der Waals surface area contributed by atoms with Crippen molar-refractivity contribution in [2.75, 3.05) is 20.8 Å². The minimum absolute atomic E-state index is 0.238. The van der Waals surface area contributed by atoms with Crippen molar-refractivity contribution in [2.45, 2.75) is 46.6 Å². The van der Waals surface area contributed by atoms with Gasteiger partial charge < -0.3 is 24.3 Å². The van der Waals surface area contributed by atoms with Gasteiger partial charge in [0.2, 0.25) is 0 Å². The number of benzene rings is 1. The minimum atomic E-state index is -0.458. The van der Waals surface area contributed by atoms with Crippen LogP contribution in [0.25, 0.3) is 5.57 Å². The van der Waals surface area contributed by atoms with Gasteiger partial charge >= 0.3 is 5.97 Å². The molecule has 7 heteroatoms. The molecule has 0 saturated heterocycles. The highest BCUT2D eigenvalue weighted by Crippen LogP contribution is 2.39. The summed E-state index contributed by atoms with van der Waals surface area (Å²) < 4.78 is 21.2. The summed E-state index contributed by atoms with van der Waals surface area (Å²) in [6.45, 7) is 8.47. The van der Waals surface area contributed by atoms with Crippen molar-refractivity contribution in [3.8, 4) is 17.2 Å². The van der Waals surface area contributed by atoms with E-state index in [-0.39, 0.29) is 11.9 Å². The van der Waals surface area contributed by atoms with Gasteiger partial charge in [0.15, 0.2) is 11.5 Å². The number of hydrogen-bond acceptors (Lipinski definition) is 7. The van der Waals surface area contributed by atoms with E-state index in [2.05, 4.69) is 12.2 Å². The average Bonchev–Trinajstić information content (AvgIpc) is 2.70. The van der Waals surface area contributed by atoms with Gasteiger partial charge in [-0.1, -0.05) is 13.3 Å². The van der Waals surface area contributed by atoms with Crippen molar-refractivity contribution in [1.82, 2.24) is 5.32 Å². The number of esters is 1. The maximum atomic E-state index is 12.5. The molecule has 0 aliphatic heterocycles. The molecule has 0 bridgehead atoms. The molecule has 1 rings (SSSR count). The van der Waals surface area contributed by atoms with Gasteiger partial charge in [-0.05, 0) is 51.1 Å². The Balaban J connectivity index is 3.54. The Labute approximate surface area is 172 Å². The van der Waals surface area contributed by atoms with Gasteiger partial charge in [0.1, 0.15) is 5.75 Å². The first-order valence-electron chi connectivity index (χ1n) is 9.57. The molecule has 1 N–H and O–H groups in total. The predicted octanol–water partition coefficient (Wildman–Crippen LogP) is 3.87. The summed E-state index contributed by atoms with van der Waals surface area (Å²) in [7, 11) is 3.00.